The maximum atomic E-state index is 11.8. The summed E-state index contributed by atoms with van der Waals surface area (Å²) in [5, 5.41) is 5.98. The molecule has 0 aliphatic heterocycles. The van der Waals surface area contributed by atoms with Gasteiger partial charge in [0, 0.05) is 36.3 Å². The van der Waals surface area contributed by atoms with Crippen LogP contribution in [0.1, 0.15) is 31.4 Å². The molecule has 0 radical (unpaired) electrons. The van der Waals surface area contributed by atoms with Crippen molar-refractivity contribution in [3.05, 3.63) is 23.5 Å². The third-order valence-corrected chi connectivity index (χ3v) is 3.92. The number of carbonyl (C=O) groups is 2. The molecule has 6 nitrogen and oxygen atoms in total. The summed E-state index contributed by atoms with van der Waals surface area (Å²) in [6, 6.07) is 0. The molecule has 2 heterocycles. The number of rotatable bonds is 3. The second-order valence-corrected chi connectivity index (χ2v) is 5.66. The van der Waals surface area contributed by atoms with Gasteiger partial charge in [-0.3, -0.25) is 14.0 Å². The molecule has 2 aromatic heterocycles. The zero-order valence-corrected chi connectivity index (χ0v) is 11.7. The number of nitrogens with one attached hydrogen (secondary N) is 1. The van der Waals surface area contributed by atoms with Crippen LogP contribution in [0.15, 0.2) is 22.9 Å². The van der Waals surface area contributed by atoms with E-state index in [9.17, 15) is 9.59 Å². The summed E-state index contributed by atoms with van der Waals surface area (Å²) in [6.45, 7) is 0. The van der Waals surface area contributed by atoms with Gasteiger partial charge in [-0.2, -0.15) is 5.10 Å². The maximum Gasteiger partial charge on any atom is 0.246 e. The SMILES string of the molecule is O=C1CCC/C(=N\NC(=O)Cc2cn3ccsc3n2)C1. The van der Waals surface area contributed by atoms with Gasteiger partial charge in [-0.05, 0) is 12.8 Å². The predicted octanol–water partition coefficient (Wildman–Crippen LogP) is 1.55. The number of amides is 1. The summed E-state index contributed by atoms with van der Waals surface area (Å²) in [5.74, 6) is -0.0140. The average molecular weight is 290 g/mol. The van der Waals surface area contributed by atoms with Gasteiger partial charge in [-0.25, -0.2) is 10.4 Å². The molecular weight excluding hydrogens is 276 g/mol. The zero-order valence-electron chi connectivity index (χ0n) is 10.8. The quantitative estimate of drug-likeness (QED) is 0.871. The van der Waals surface area contributed by atoms with Crippen LogP contribution >= 0.6 is 11.3 Å². The van der Waals surface area contributed by atoms with Crippen LogP contribution in [0.3, 0.4) is 0 Å². The molecule has 1 saturated carbocycles. The number of hydrogen-bond donors (Lipinski definition) is 1. The Bertz CT molecular complexity index is 657. The normalized spacial score (nSPS) is 17.8. The van der Waals surface area contributed by atoms with E-state index in [-0.39, 0.29) is 18.1 Å². The second-order valence-electron chi connectivity index (χ2n) is 4.78. The Morgan fingerprint density at radius 1 is 1.50 bits per heavy atom. The van der Waals surface area contributed by atoms with Crippen LogP contribution in [0.4, 0.5) is 0 Å². The lowest BCUT2D eigenvalue weighted by atomic mass is 9.97. The lowest BCUT2D eigenvalue weighted by Crippen LogP contribution is -2.24. The van der Waals surface area contributed by atoms with Crippen molar-refractivity contribution < 1.29 is 9.59 Å². The third-order valence-electron chi connectivity index (χ3n) is 3.15. The number of fused-ring (bicyclic) bond motifs is 1. The lowest BCUT2D eigenvalue weighted by molar-refractivity contribution is -0.121. The smallest absolute Gasteiger partial charge is 0.246 e. The number of carbonyl (C=O) groups excluding carboxylic acids is 2. The first kappa shape index (κ1) is 13.0. The number of hydrazone groups is 1. The van der Waals surface area contributed by atoms with Crippen LogP contribution in [0.5, 0.6) is 0 Å². The zero-order chi connectivity index (χ0) is 13.9. The highest BCUT2D eigenvalue weighted by Gasteiger charge is 2.15. The van der Waals surface area contributed by atoms with Crippen LogP contribution in [0.25, 0.3) is 4.96 Å². The van der Waals surface area contributed by atoms with Crippen LogP contribution in [-0.2, 0) is 16.0 Å². The van der Waals surface area contributed by atoms with E-state index in [1.165, 1.54) is 11.3 Å². The van der Waals surface area contributed by atoms with Gasteiger partial charge < -0.3 is 0 Å². The van der Waals surface area contributed by atoms with E-state index in [4.69, 9.17) is 0 Å². The monoisotopic (exact) mass is 290 g/mol. The molecule has 7 heteroatoms. The van der Waals surface area contributed by atoms with E-state index in [0.717, 1.165) is 23.5 Å². The van der Waals surface area contributed by atoms with Crippen molar-refractivity contribution in [3.63, 3.8) is 0 Å². The maximum absolute atomic E-state index is 11.8. The van der Waals surface area contributed by atoms with E-state index in [2.05, 4.69) is 15.5 Å². The van der Waals surface area contributed by atoms with E-state index >= 15 is 0 Å². The van der Waals surface area contributed by atoms with E-state index in [1.54, 1.807) is 0 Å². The van der Waals surface area contributed by atoms with Gasteiger partial charge in [-0.15, -0.1) is 11.3 Å². The molecule has 0 spiro atoms. The number of aromatic nitrogens is 2. The van der Waals surface area contributed by atoms with E-state index in [1.807, 2.05) is 22.2 Å². The molecule has 2 aromatic rings. The van der Waals surface area contributed by atoms with Crippen LogP contribution in [-0.4, -0.2) is 26.8 Å². The van der Waals surface area contributed by atoms with Crippen molar-refractivity contribution in [1.29, 1.82) is 0 Å². The largest absolute Gasteiger partial charge is 0.299 e. The Morgan fingerprint density at radius 3 is 3.20 bits per heavy atom. The lowest BCUT2D eigenvalue weighted by Gasteiger charge is -2.11. The molecule has 0 unspecified atom stereocenters. The molecule has 1 aliphatic rings. The van der Waals surface area contributed by atoms with E-state index < -0.39 is 0 Å². The summed E-state index contributed by atoms with van der Waals surface area (Å²) in [4.78, 5) is 28.3. The molecule has 1 amide bonds. The van der Waals surface area contributed by atoms with Crippen LogP contribution in [0, 0.1) is 0 Å². The molecule has 0 aromatic carbocycles. The summed E-state index contributed by atoms with van der Waals surface area (Å²) >= 11 is 1.53. The Labute approximate surface area is 119 Å². The van der Waals surface area contributed by atoms with Gasteiger partial charge >= 0.3 is 0 Å². The van der Waals surface area contributed by atoms with Crippen LogP contribution in [0.2, 0.25) is 0 Å². The second kappa shape index (κ2) is 5.54. The van der Waals surface area contributed by atoms with Crippen LogP contribution < -0.4 is 5.43 Å². The fourth-order valence-electron chi connectivity index (χ4n) is 2.20. The number of hydrogen-bond acceptors (Lipinski definition) is 5. The third kappa shape index (κ3) is 2.93. The van der Waals surface area contributed by atoms with E-state index in [0.29, 0.717) is 18.5 Å². The van der Waals surface area contributed by atoms with Crippen molar-refractivity contribution in [2.75, 3.05) is 0 Å². The Hall–Kier alpha value is -2.02. The Morgan fingerprint density at radius 2 is 2.40 bits per heavy atom. The number of imidazole rings is 1. The molecule has 0 saturated heterocycles. The Kier molecular flexibility index (Phi) is 3.60. The van der Waals surface area contributed by atoms with Gasteiger partial charge in [0.15, 0.2) is 4.96 Å². The molecule has 1 aliphatic carbocycles. The van der Waals surface area contributed by atoms with Gasteiger partial charge in [0.05, 0.1) is 12.1 Å². The summed E-state index contributed by atoms with van der Waals surface area (Å²) < 4.78 is 1.89. The standard InChI is InChI=1S/C13H14N4O2S/c18-11-3-1-2-9(6-11)15-16-12(19)7-10-8-17-4-5-20-13(17)14-10/h4-5,8H,1-3,6-7H2,(H,16,19)/b15-9+. The Balaban J connectivity index is 1.58. The fourth-order valence-corrected chi connectivity index (χ4v) is 2.92. The van der Waals surface area contributed by atoms with Crippen molar-refractivity contribution in [1.82, 2.24) is 14.8 Å². The fraction of sp³-hybridized carbons (Fsp3) is 0.385. The summed E-state index contributed by atoms with van der Waals surface area (Å²) in [5.41, 5.74) is 3.99. The number of nitrogens with zero attached hydrogens (tertiary/aromatic N) is 3. The predicted molar refractivity (Wildman–Crippen MR) is 75.8 cm³/mol. The highest BCUT2D eigenvalue weighted by atomic mass is 32.1. The highest BCUT2D eigenvalue weighted by Crippen LogP contribution is 2.12. The number of ketones is 1. The summed E-state index contributed by atoms with van der Waals surface area (Å²) in [6.07, 6.45) is 6.53. The van der Waals surface area contributed by atoms with Crippen molar-refractivity contribution >= 4 is 33.7 Å². The highest BCUT2D eigenvalue weighted by molar-refractivity contribution is 7.15. The van der Waals surface area contributed by atoms with Gasteiger partial charge in [0.2, 0.25) is 5.91 Å². The minimum atomic E-state index is -0.207. The minimum absolute atomic E-state index is 0.193. The van der Waals surface area contributed by atoms with Gasteiger partial charge in [-0.1, -0.05) is 0 Å². The van der Waals surface area contributed by atoms with Crippen molar-refractivity contribution in [3.8, 4) is 0 Å². The topological polar surface area (TPSA) is 75.8 Å². The molecule has 0 bridgehead atoms. The molecule has 1 N–H and O–H groups in total. The molecular formula is C13H14N4O2S. The molecule has 104 valence electrons. The van der Waals surface area contributed by atoms with Gasteiger partial charge in [0.25, 0.3) is 0 Å². The van der Waals surface area contributed by atoms with Gasteiger partial charge in [0.1, 0.15) is 5.78 Å². The first-order valence-corrected chi connectivity index (χ1v) is 7.36. The van der Waals surface area contributed by atoms with Crippen molar-refractivity contribution in [2.24, 2.45) is 5.10 Å². The molecule has 0 atom stereocenters. The number of Topliss-reactive ketones (excluding diaryl/α,β-unsaturated/α-hetero) is 1. The average Bonchev–Trinajstić information content (AvgIpc) is 2.97. The molecule has 3 rings (SSSR count). The first-order chi connectivity index (χ1) is 9.70. The summed E-state index contributed by atoms with van der Waals surface area (Å²) in [7, 11) is 0. The number of thiazole rings is 1. The molecule has 20 heavy (non-hydrogen) atoms. The first-order valence-electron chi connectivity index (χ1n) is 6.48. The molecule has 1 fully saturated rings. The van der Waals surface area contributed by atoms with Crippen molar-refractivity contribution in [2.45, 2.75) is 32.1 Å². The minimum Gasteiger partial charge on any atom is -0.299 e.